The third-order valence-electron chi connectivity index (χ3n) is 2.94. The minimum Gasteiger partial charge on any atom is -0.383 e. The number of aromatic nitrogens is 2. The number of nitrogens with one attached hydrogen (secondary N) is 2. The Hall–Kier alpha value is -1.12. The molecule has 7 nitrogen and oxygen atoms in total. The molecule has 0 aromatic carbocycles. The molecule has 4 N–H and O–H groups in total. The second kappa shape index (κ2) is 4.52. The van der Waals surface area contributed by atoms with Crippen LogP contribution in [0.4, 0.5) is 5.82 Å². The Morgan fingerprint density at radius 2 is 2.33 bits per heavy atom. The lowest BCUT2D eigenvalue weighted by Gasteiger charge is -2.35. The molecule has 8 heteroatoms. The van der Waals surface area contributed by atoms with Gasteiger partial charge in [-0.15, -0.1) is 0 Å². The smallest absolute Gasteiger partial charge is 0.246 e. The predicted octanol–water partition coefficient (Wildman–Crippen LogP) is 0.228. The van der Waals surface area contributed by atoms with Crippen molar-refractivity contribution in [2.45, 2.75) is 43.2 Å². The highest BCUT2D eigenvalue weighted by Gasteiger charge is 2.32. The van der Waals surface area contributed by atoms with Crippen molar-refractivity contribution in [3.05, 3.63) is 6.20 Å². The van der Waals surface area contributed by atoms with E-state index in [-0.39, 0.29) is 22.4 Å². The molecule has 2 rings (SSSR count). The highest BCUT2D eigenvalue weighted by molar-refractivity contribution is 7.89. The van der Waals surface area contributed by atoms with E-state index in [1.807, 2.05) is 13.8 Å². The number of nitrogen functional groups attached to an aromatic ring is 1. The summed E-state index contributed by atoms with van der Waals surface area (Å²) in [6.45, 7) is 4.43. The number of nitrogens with two attached hydrogens (primary N) is 1. The summed E-state index contributed by atoms with van der Waals surface area (Å²) in [4.78, 5) is -0.00759. The van der Waals surface area contributed by atoms with Crippen molar-refractivity contribution in [1.82, 2.24) is 14.9 Å². The molecular weight excluding hydrogens is 256 g/mol. The number of nitrogens with zero attached hydrogens (tertiary/aromatic N) is 1. The molecule has 2 heterocycles. The molecule has 1 aliphatic heterocycles. The molecule has 1 aromatic rings. The van der Waals surface area contributed by atoms with Gasteiger partial charge >= 0.3 is 0 Å². The van der Waals surface area contributed by atoms with Gasteiger partial charge in [-0.2, -0.15) is 5.10 Å². The van der Waals surface area contributed by atoms with Crippen LogP contribution in [0.15, 0.2) is 11.1 Å². The SMILES string of the molecule is CC1(C)CC(NS(=O)(=O)c2cn[nH]c2N)CCO1. The summed E-state index contributed by atoms with van der Waals surface area (Å²) in [5.74, 6) is 0.0498. The minimum absolute atomic E-state index is 0.00759. The molecule has 1 aliphatic rings. The first-order valence-corrected chi connectivity index (χ1v) is 7.24. The van der Waals surface area contributed by atoms with Crippen LogP contribution in [-0.2, 0) is 14.8 Å². The fourth-order valence-corrected chi connectivity index (χ4v) is 3.41. The van der Waals surface area contributed by atoms with Crippen LogP contribution >= 0.6 is 0 Å². The average Bonchev–Trinajstić information content (AvgIpc) is 2.62. The van der Waals surface area contributed by atoms with Gasteiger partial charge in [-0.1, -0.05) is 0 Å². The number of rotatable bonds is 3. The zero-order valence-corrected chi connectivity index (χ0v) is 11.3. The number of aromatic amines is 1. The molecule has 0 saturated carbocycles. The van der Waals surface area contributed by atoms with E-state index in [4.69, 9.17) is 10.5 Å². The van der Waals surface area contributed by atoms with Gasteiger partial charge in [-0.3, -0.25) is 5.10 Å². The standard InChI is InChI=1S/C10H18N4O3S/c1-10(2)5-7(3-4-17-10)14-18(15,16)8-6-12-13-9(8)11/h6-7,14H,3-5H2,1-2H3,(H3,11,12,13). The molecule has 1 saturated heterocycles. The van der Waals surface area contributed by atoms with E-state index in [2.05, 4.69) is 14.9 Å². The molecule has 0 spiro atoms. The van der Waals surface area contributed by atoms with E-state index < -0.39 is 10.0 Å². The van der Waals surface area contributed by atoms with Crippen LogP contribution in [0.3, 0.4) is 0 Å². The van der Waals surface area contributed by atoms with Crippen LogP contribution < -0.4 is 10.5 Å². The van der Waals surface area contributed by atoms with E-state index in [1.165, 1.54) is 6.20 Å². The van der Waals surface area contributed by atoms with Gasteiger partial charge in [0.2, 0.25) is 10.0 Å². The largest absolute Gasteiger partial charge is 0.383 e. The minimum atomic E-state index is -3.62. The molecule has 1 unspecified atom stereocenters. The maximum Gasteiger partial charge on any atom is 0.246 e. The van der Waals surface area contributed by atoms with Crippen molar-refractivity contribution in [3.8, 4) is 0 Å². The van der Waals surface area contributed by atoms with Crippen molar-refractivity contribution < 1.29 is 13.2 Å². The molecule has 0 radical (unpaired) electrons. The summed E-state index contributed by atoms with van der Waals surface area (Å²) < 4.78 is 32.4. The molecule has 102 valence electrons. The quantitative estimate of drug-likeness (QED) is 0.730. The average molecular weight is 274 g/mol. The van der Waals surface area contributed by atoms with Gasteiger partial charge in [-0.05, 0) is 26.7 Å². The summed E-state index contributed by atoms with van der Waals surface area (Å²) >= 11 is 0. The van der Waals surface area contributed by atoms with Gasteiger partial charge in [-0.25, -0.2) is 13.1 Å². The highest BCUT2D eigenvalue weighted by atomic mass is 32.2. The molecule has 1 fully saturated rings. The number of hydrogen-bond acceptors (Lipinski definition) is 5. The summed E-state index contributed by atoms with van der Waals surface area (Å²) in [6.07, 6.45) is 2.49. The normalized spacial score (nSPS) is 24.0. The molecule has 0 amide bonds. The van der Waals surface area contributed by atoms with Gasteiger partial charge < -0.3 is 10.5 Å². The third-order valence-corrected chi connectivity index (χ3v) is 4.49. The Morgan fingerprint density at radius 3 is 2.89 bits per heavy atom. The summed E-state index contributed by atoms with van der Waals surface area (Å²) in [7, 11) is -3.62. The predicted molar refractivity (Wildman–Crippen MR) is 66.4 cm³/mol. The lowest BCUT2D eigenvalue weighted by molar-refractivity contribution is -0.0599. The van der Waals surface area contributed by atoms with Gasteiger partial charge in [0, 0.05) is 12.6 Å². The van der Waals surface area contributed by atoms with Gasteiger partial charge in [0.05, 0.1) is 11.8 Å². The maximum absolute atomic E-state index is 12.1. The van der Waals surface area contributed by atoms with Crippen molar-refractivity contribution in [1.29, 1.82) is 0 Å². The topological polar surface area (TPSA) is 110 Å². The van der Waals surface area contributed by atoms with Crippen LogP contribution in [-0.4, -0.2) is 36.9 Å². The fraction of sp³-hybridized carbons (Fsp3) is 0.700. The molecular formula is C10H18N4O3S. The van der Waals surface area contributed by atoms with Crippen LogP contribution in [0.2, 0.25) is 0 Å². The Morgan fingerprint density at radius 1 is 1.61 bits per heavy atom. The molecule has 0 aliphatic carbocycles. The molecule has 0 bridgehead atoms. The summed E-state index contributed by atoms with van der Waals surface area (Å²) in [6, 6.07) is -0.145. The van der Waals surface area contributed by atoms with Crippen LogP contribution in [0.1, 0.15) is 26.7 Å². The third kappa shape index (κ3) is 2.82. The van der Waals surface area contributed by atoms with E-state index in [9.17, 15) is 8.42 Å². The maximum atomic E-state index is 12.1. The monoisotopic (exact) mass is 274 g/mol. The zero-order chi connectivity index (χ0) is 13.4. The van der Waals surface area contributed by atoms with Crippen molar-refractivity contribution in [2.75, 3.05) is 12.3 Å². The molecule has 18 heavy (non-hydrogen) atoms. The summed E-state index contributed by atoms with van der Waals surface area (Å²) in [5.41, 5.74) is 5.21. The Labute approximate surface area is 106 Å². The van der Waals surface area contributed by atoms with Crippen molar-refractivity contribution in [2.24, 2.45) is 0 Å². The number of hydrogen-bond donors (Lipinski definition) is 3. The van der Waals surface area contributed by atoms with E-state index in [0.29, 0.717) is 19.4 Å². The summed E-state index contributed by atoms with van der Waals surface area (Å²) in [5, 5.41) is 6.03. The molecule has 1 aromatic heterocycles. The Bertz CT molecular complexity index is 523. The number of sulfonamides is 1. The van der Waals surface area contributed by atoms with E-state index in [1.54, 1.807) is 0 Å². The lowest BCUT2D eigenvalue weighted by Crippen LogP contribution is -2.45. The first kappa shape index (κ1) is 13.3. The fourth-order valence-electron chi connectivity index (χ4n) is 2.11. The van der Waals surface area contributed by atoms with Crippen LogP contribution in [0, 0.1) is 0 Å². The van der Waals surface area contributed by atoms with Crippen molar-refractivity contribution in [3.63, 3.8) is 0 Å². The highest BCUT2D eigenvalue weighted by Crippen LogP contribution is 2.25. The van der Waals surface area contributed by atoms with Crippen molar-refractivity contribution >= 4 is 15.8 Å². The lowest BCUT2D eigenvalue weighted by atomic mass is 9.95. The van der Waals surface area contributed by atoms with E-state index in [0.717, 1.165) is 0 Å². The Kier molecular flexibility index (Phi) is 3.35. The number of anilines is 1. The van der Waals surface area contributed by atoms with Gasteiger partial charge in [0.25, 0.3) is 0 Å². The van der Waals surface area contributed by atoms with E-state index >= 15 is 0 Å². The van der Waals surface area contributed by atoms with Gasteiger partial charge in [0.1, 0.15) is 10.7 Å². The van der Waals surface area contributed by atoms with Crippen LogP contribution in [0.25, 0.3) is 0 Å². The Balaban J connectivity index is 2.12. The first-order chi connectivity index (χ1) is 8.30. The number of ether oxygens (including phenoxy) is 1. The second-order valence-electron chi connectivity index (χ2n) is 5.07. The zero-order valence-electron chi connectivity index (χ0n) is 10.4. The van der Waals surface area contributed by atoms with Crippen LogP contribution in [0.5, 0.6) is 0 Å². The molecule has 1 atom stereocenters. The van der Waals surface area contributed by atoms with Gasteiger partial charge in [0.15, 0.2) is 0 Å². The first-order valence-electron chi connectivity index (χ1n) is 5.75. The second-order valence-corrected chi connectivity index (χ2v) is 6.75. The number of H-pyrrole nitrogens is 1.